The van der Waals surface area contributed by atoms with Crippen LogP contribution in [0.5, 0.6) is 0 Å². The molecule has 0 unspecified atom stereocenters. The third kappa shape index (κ3) is 3.99. The minimum Gasteiger partial charge on any atom is -0.545 e. The molecule has 7 heteroatoms. The average molecular weight is 373 g/mol. The third-order valence-corrected chi connectivity index (χ3v) is 4.48. The van der Waals surface area contributed by atoms with Crippen molar-refractivity contribution in [3.63, 3.8) is 0 Å². The van der Waals surface area contributed by atoms with Crippen LogP contribution in [0, 0.1) is 0 Å². The molecule has 0 radical (unpaired) electrons. The standard InChI is InChI=1S/C18H12ClNO4S/c19-12-5-3-11(4-6-12)14-10-25-17(16(14)18(22)23)20-15(21)8-7-13-2-1-9-24-13/h1-10H,(H,20,21)(H,22,23)/p-1. The highest BCUT2D eigenvalue weighted by Crippen LogP contribution is 2.35. The van der Waals surface area contributed by atoms with Crippen LogP contribution in [0.4, 0.5) is 5.00 Å². The molecule has 0 bridgehead atoms. The van der Waals surface area contributed by atoms with Gasteiger partial charge in [0.25, 0.3) is 0 Å². The number of benzene rings is 1. The molecule has 1 amide bonds. The fourth-order valence-electron chi connectivity index (χ4n) is 2.19. The first-order valence-corrected chi connectivity index (χ1v) is 8.41. The summed E-state index contributed by atoms with van der Waals surface area (Å²) >= 11 is 6.97. The van der Waals surface area contributed by atoms with Crippen LogP contribution in [0.1, 0.15) is 16.1 Å². The Kier molecular flexibility index (Phi) is 5.02. The largest absolute Gasteiger partial charge is 0.545 e. The first-order valence-electron chi connectivity index (χ1n) is 7.16. The zero-order chi connectivity index (χ0) is 17.8. The molecule has 25 heavy (non-hydrogen) atoms. The maximum atomic E-state index is 12.0. The van der Waals surface area contributed by atoms with Gasteiger partial charge in [0.15, 0.2) is 0 Å². The first-order chi connectivity index (χ1) is 12.0. The van der Waals surface area contributed by atoms with Gasteiger partial charge in [-0.1, -0.05) is 23.7 Å². The van der Waals surface area contributed by atoms with E-state index in [2.05, 4.69) is 5.32 Å². The third-order valence-electron chi connectivity index (χ3n) is 3.33. The van der Waals surface area contributed by atoms with E-state index in [0.717, 1.165) is 11.3 Å². The SMILES string of the molecule is O=C(C=Cc1ccco1)Nc1scc(-c2ccc(Cl)cc2)c1C(=O)[O-]. The molecular formula is C18H11ClNO4S-. The fourth-order valence-corrected chi connectivity index (χ4v) is 3.28. The Morgan fingerprint density at radius 2 is 1.96 bits per heavy atom. The van der Waals surface area contributed by atoms with Gasteiger partial charge in [0.05, 0.1) is 12.2 Å². The topological polar surface area (TPSA) is 82.4 Å². The highest BCUT2D eigenvalue weighted by molar-refractivity contribution is 7.15. The van der Waals surface area contributed by atoms with Gasteiger partial charge in [0, 0.05) is 27.6 Å². The quantitative estimate of drug-likeness (QED) is 0.692. The van der Waals surface area contributed by atoms with Crippen LogP contribution >= 0.6 is 22.9 Å². The summed E-state index contributed by atoms with van der Waals surface area (Å²) < 4.78 is 5.09. The Labute approximate surface area is 152 Å². The Morgan fingerprint density at radius 1 is 1.20 bits per heavy atom. The van der Waals surface area contributed by atoms with E-state index < -0.39 is 11.9 Å². The number of furan rings is 1. The minimum absolute atomic E-state index is 0.0629. The van der Waals surface area contributed by atoms with Crippen molar-refractivity contribution in [3.05, 3.63) is 70.5 Å². The number of hydrogen-bond donors (Lipinski definition) is 1. The lowest BCUT2D eigenvalue weighted by Crippen LogP contribution is -2.24. The Hall–Kier alpha value is -2.83. The van der Waals surface area contributed by atoms with Crippen LogP contribution in [0.2, 0.25) is 5.02 Å². The number of thiophene rings is 1. The molecule has 0 atom stereocenters. The second-order valence-electron chi connectivity index (χ2n) is 4.99. The first kappa shape index (κ1) is 17.0. The predicted octanol–water partition coefficient (Wildman–Crippen LogP) is 3.68. The number of hydrogen-bond acceptors (Lipinski definition) is 5. The molecule has 0 fully saturated rings. The summed E-state index contributed by atoms with van der Waals surface area (Å²) in [5.41, 5.74) is 1.07. The molecule has 3 aromatic rings. The second kappa shape index (κ2) is 7.38. The number of carboxylic acids is 1. The number of halogens is 1. The van der Waals surface area contributed by atoms with Crippen molar-refractivity contribution < 1.29 is 19.1 Å². The van der Waals surface area contributed by atoms with Gasteiger partial charge in [-0.15, -0.1) is 11.3 Å². The smallest absolute Gasteiger partial charge is 0.249 e. The van der Waals surface area contributed by atoms with Gasteiger partial charge in [-0.25, -0.2) is 0 Å². The van der Waals surface area contributed by atoms with Crippen LogP contribution in [0.15, 0.2) is 58.5 Å². The Morgan fingerprint density at radius 3 is 2.60 bits per heavy atom. The highest BCUT2D eigenvalue weighted by Gasteiger charge is 2.15. The van der Waals surface area contributed by atoms with Crippen LogP contribution in [0.3, 0.4) is 0 Å². The molecule has 0 aliphatic rings. The maximum absolute atomic E-state index is 12.0. The lowest BCUT2D eigenvalue weighted by molar-refractivity contribution is -0.254. The number of anilines is 1. The van der Waals surface area contributed by atoms with Gasteiger partial charge >= 0.3 is 0 Å². The van der Waals surface area contributed by atoms with Crippen molar-refractivity contribution in [2.24, 2.45) is 0 Å². The molecule has 0 spiro atoms. The maximum Gasteiger partial charge on any atom is 0.249 e. The summed E-state index contributed by atoms with van der Waals surface area (Å²) in [6.07, 6.45) is 4.24. The van der Waals surface area contributed by atoms with E-state index in [1.807, 2.05) is 0 Å². The summed E-state index contributed by atoms with van der Waals surface area (Å²) in [5, 5.41) is 16.5. The van der Waals surface area contributed by atoms with E-state index in [-0.39, 0.29) is 10.6 Å². The van der Waals surface area contributed by atoms with Gasteiger partial charge < -0.3 is 19.6 Å². The van der Waals surface area contributed by atoms with Gasteiger partial charge in [-0.3, -0.25) is 4.79 Å². The Balaban J connectivity index is 1.85. The molecule has 1 N–H and O–H groups in total. The molecule has 126 valence electrons. The normalized spacial score (nSPS) is 10.9. The fraction of sp³-hybridized carbons (Fsp3) is 0. The second-order valence-corrected chi connectivity index (χ2v) is 6.30. The van der Waals surface area contributed by atoms with E-state index in [9.17, 15) is 14.7 Å². The molecule has 0 aliphatic carbocycles. The Bertz CT molecular complexity index is 927. The zero-order valence-corrected chi connectivity index (χ0v) is 14.3. The lowest BCUT2D eigenvalue weighted by Gasteiger charge is -2.09. The van der Waals surface area contributed by atoms with Crippen molar-refractivity contribution in [3.8, 4) is 11.1 Å². The number of carboxylic acid groups (broad SMARTS) is 1. The summed E-state index contributed by atoms with van der Waals surface area (Å²) in [6, 6.07) is 10.1. The summed E-state index contributed by atoms with van der Waals surface area (Å²) in [5.74, 6) is -1.32. The number of amides is 1. The van der Waals surface area contributed by atoms with Crippen LogP contribution in [0.25, 0.3) is 17.2 Å². The average Bonchev–Trinajstić information content (AvgIpc) is 3.23. The van der Waals surface area contributed by atoms with Gasteiger partial charge in [-0.05, 0) is 35.9 Å². The van der Waals surface area contributed by atoms with Gasteiger partial charge in [-0.2, -0.15) is 0 Å². The van der Waals surface area contributed by atoms with Crippen LogP contribution in [-0.4, -0.2) is 11.9 Å². The van der Waals surface area contributed by atoms with Gasteiger partial charge in [0.1, 0.15) is 10.8 Å². The van der Waals surface area contributed by atoms with E-state index in [1.54, 1.807) is 41.8 Å². The molecule has 0 saturated heterocycles. The molecular weight excluding hydrogens is 362 g/mol. The highest BCUT2D eigenvalue weighted by atomic mass is 35.5. The number of nitrogens with one attached hydrogen (secondary N) is 1. The van der Waals surface area contributed by atoms with Crippen molar-refractivity contribution >= 4 is 45.9 Å². The summed E-state index contributed by atoms with van der Waals surface area (Å²) in [6.45, 7) is 0. The van der Waals surface area contributed by atoms with Crippen molar-refractivity contribution in [1.82, 2.24) is 0 Å². The molecule has 0 aliphatic heterocycles. The van der Waals surface area contributed by atoms with Crippen molar-refractivity contribution in [2.75, 3.05) is 5.32 Å². The molecule has 2 aromatic heterocycles. The van der Waals surface area contributed by atoms with Crippen molar-refractivity contribution in [2.45, 2.75) is 0 Å². The number of carbonyl (C=O) groups excluding carboxylic acids is 2. The van der Waals surface area contributed by atoms with E-state index in [0.29, 0.717) is 21.9 Å². The summed E-state index contributed by atoms with van der Waals surface area (Å²) in [4.78, 5) is 23.6. The van der Waals surface area contributed by atoms with E-state index >= 15 is 0 Å². The number of rotatable bonds is 5. The van der Waals surface area contributed by atoms with E-state index in [1.165, 1.54) is 18.4 Å². The monoisotopic (exact) mass is 372 g/mol. The van der Waals surface area contributed by atoms with Gasteiger partial charge in [0.2, 0.25) is 5.91 Å². The van der Waals surface area contributed by atoms with Crippen LogP contribution in [-0.2, 0) is 4.79 Å². The number of aromatic carboxylic acids is 1. The van der Waals surface area contributed by atoms with E-state index in [4.69, 9.17) is 16.0 Å². The molecule has 2 heterocycles. The lowest BCUT2D eigenvalue weighted by atomic mass is 10.0. The molecule has 0 saturated carbocycles. The zero-order valence-electron chi connectivity index (χ0n) is 12.7. The molecule has 1 aromatic carbocycles. The predicted molar refractivity (Wildman–Crippen MR) is 95.5 cm³/mol. The summed E-state index contributed by atoms with van der Waals surface area (Å²) in [7, 11) is 0. The van der Waals surface area contributed by atoms with Crippen LogP contribution < -0.4 is 10.4 Å². The molecule has 5 nitrogen and oxygen atoms in total. The number of carbonyl (C=O) groups is 2. The minimum atomic E-state index is -1.36. The molecule has 3 rings (SSSR count). The van der Waals surface area contributed by atoms with Crippen molar-refractivity contribution in [1.29, 1.82) is 0 Å².